The van der Waals surface area contributed by atoms with E-state index in [4.69, 9.17) is 15.0 Å². The van der Waals surface area contributed by atoms with E-state index in [9.17, 15) is 0 Å². The van der Waals surface area contributed by atoms with Crippen molar-refractivity contribution >= 4 is 13.2 Å². The summed E-state index contributed by atoms with van der Waals surface area (Å²) in [6.07, 6.45) is 6.49. The largest absolute Gasteiger partial charge is 0.487 e. The molecule has 0 aliphatic carbocycles. The lowest BCUT2D eigenvalue weighted by Gasteiger charge is -2.32. The highest BCUT2D eigenvalue weighted by molar-refractivity contribution is 6.52. The van der Waals surface area contributed by atoms with Gasteiger partial charge in [0, 0.05) is 18.4 Å². The first-order valence-corrected chi connectivity index (χ1v) is 7.50. The van der Waals surface area contributed by atoms with Gasteiger partial charge in [-0.1, -0.05) is 19.0 Å². The molecule has 2 heterocycles. The van der Waals surface area contributed by atoms with Crippen LogP contribution >= 0.6 is 0 Å². The molecule has 1 unspecified atom stereocenters. The number of nitrogens with two attached hydrogens (primary N) is 1. The van der Waals surface area contributed by atoms with E-state index in [-0.39, 0.29) is 24.4 Å². The second kappa shape index (κ2) is 5.91. The fourth-order valence-electron chi connectivity index (χ4n) is 2.25. The van der Waals surface area contributed by atoms with Crippen molar-refractivity contribution in [2.45, 2.75) is 58.3 Å². The van der Waals surface area contributed by atoms with E-state index in [0.29, 0.717) is 0 Å². The van der Waals surface area contributed by atoms with Gasteiger partial charge in [0.15, 0.2) is 0 Å². The SMILES string of the molecule is CCC(N)c1cnccc1/C=C/B1OC(C)(C)C(C)(C)O1. The van der Waals surface area contributed by atoms with Crippen LogP contribution in [0, 0.1) is 0 Å². The van der Waals surface area contributed by atoms with Crippen molar-refractivity contribution in [3.05, 3.63) is 35.6 Å². The number of nitrogens with zero attached hydrogens (tertiary/aromatic N) is 1. The maximum Gasteiger partial charge on any atom is 0.487 e. The Labute approximate surface area is 127 Å². The number of rotatable bonds is 4. The summed E-state index contributed by atoms with van der Waals surface area (Å²) in [5.41, 5.74) is 7.61. The van der Waals surface area contributed by atoms with E-state index in [1.54, 1.807) is 6.20 Å². The highest BCUT2D eigenvalue weighted by atomic mass is 16.7. The Morgan fingerprint density at radius 1 is 1.29 bits per heavy atom. The summed E-state index contributed by atoms with van der Waals surface area (Å²) in [6.45, 7) is 10.3. The minimum absolute atomic E-state index is 0.00310. The van der Waals surface area contributed by atoms with Crippen LogP contribution in [0.3, 0.4) is 0 Å². The van der Waals surface area contributed by atoms with Crippen LogP contribution in [0.25, 0.3) is 6.08 Å². The average Bonchev–Trinajstić information content (AvgIpc) is 2.64. The molecule has 4 nitrogen and oxygen atoms in total. The second-order valence-corrected chi connectivity index (χ2v) is 6.50. The third kappa shape index (κ3) is 3.36. The summed E-state index contributed by atoms with van der Waals surface area (Å²) < 4.78 is 11.9. The Morgan fingerprint density at radius 3 is 2.48 bits per heavy atom. The van der Waals surface area contributed by atoms with Gasteiger partial charge in [-0.05, 0) is 51.3 Å². The molecule has 0 amide bonds. The van der Waals surface area contributed by atoms with Crippen LogP contribution in [0.4, 0.5) is 0 Å². The molecule has 1 fully saturated rings. The van der Waals surface area contributed by atoms with Crippen LogP contribution in [-0.4, -0.2) is 23.3 Å². The van der Waals surface area contributed by atoms with E-state index in [1.807, 2.05) is 52.0 Å². The number of aromatic nitrogens is 1. The Bertz CT molecular complexity index is 513. The van der Waals surface area contributed by atoms with E-state index >= 15 is 0 Å². The Hall–Kier alpha value is -1.17. The zero-order valence-corrected chi connectivity index (χ0v) is 13.6. The van der Waals surface area contributed by atoms with Gasteiger partial charge < -0.3 is 15.0 Å². The van der Waals surface area contributed by atoms with Gasteiger partial charge in [-0.25, -0.2) is 0 Å². The molecule has 1 aromatic heterocycles. The molecule has 1 aliphatic heterocycles. The van der Waals surface area contributed by atoms with Crippen molar-refractivity contribution in [1.29, 1.82) is 0 Å². The normalized spacial score (nSPS) is 21.9. The minimum Gasteiger partial charge on any atom is -0.400 e. The van der Waals surface area contributed by atoms with E-state index < -0.39 is 0 Å². The lowest BCUT2D eigenvalue weighted by atomic mass is 9.88. The van der Waals surface area contributed by atoms with Crippen LogP contribution < -0.4 is 5.73 Å². The average molecular weight is 288 g/mol. The minimum atomic E-state index is -0.339. The zero-order valence-electron chi connectivity index (χ0n) is 13.6. The number of hydrogen-bond donors (Lipinski definition) is 1. The van der Waals surface area contributed by atoms with Crippen molar-refractivity contribution in [1.82, 2.24) is 4.98 Å². The lowest BCUT2D eigenvalue weighted by molar-refractivity contribution is 0.00578. The molecule has 1 atom stereocenters. The van der Waals surface area contributed by atoms with Gasteiger partial charge in [0.25, 0.3) is 0 Å². The van der Waals surface area contributed by atoms with E-state index in [1.165, 1.54) is 0 Å². The van der Waals surface area contributed by atoms with Gasteiger partial charge in [-0.2, -0.15) is 0 Å². The second-order valence-electron chi connectivity index (χ2n) is 6.50. The molecule has 5 heteroatoms. The maximum absolute atomic E-state index is 6.13. The van der Waals surface area contributed by atoms with Gasteiger partial charge in [0.2, 0.25) is 0 Å². The molecule has 114 valence electrons. The van der Waals surface area contributed by atoms with Crippen LogP contribution in [0.1, 0.15) is 58.2 Å². The highest BCUT2D eigenvalue weighted by Crippen LogP contribution is 2.37. The Kier molecular flexibility index (Phi) is 4.56. The lowest BCUT2D eigenvalue weighted by Crippen LogP contribution is -2.41. The van der Waals surface area contributed by atoms with Crippen molar-refractivity contribution in [2.24, 2.45) is 5.73 Å². The van der Waals surface area contributed by atoms with Crippen molar-refractivity contribution in [3.8, 4) is 0 Å². The fourth-order valence-corrected chi connectivity index (χ4v) is 2.25. The van der Waals surface area contributed by atoms with Gasteiger partial charge in [-0.15, -0.1) is 0 Å². The molecule has 0 spiro atoms. The van der Waals surface area contributed by atoms with Gasteiger partial charge in [0.1, 0.15) is 0 Å². The summed E-state index contributed by atoms with van der Waals surface area (Å²) in [5, 5.41) is 0. The van der Waals surface area contributed by atoms with Gasteiger partial charge >= 0.3 is 7.12 Å². The standard InChI is InChI=1S/C16H25BN2O2/c1-6-14(18)13-11-19-10-8-12(13)7-9-17-20-15(2,3)16(4,5)21-17/h7-11,14H,6,18H2,1-5H3/b9-7+. The molecule has 0 radical (unpaired) electrons. The van der Waals surface area contributed by atoms with Crippen molar-refractivity contribution < 1.29 is 9.31 Å². The smallest absolute Gasteiger partial charge is 0.400 e. The van der Waals surface area contributed by atoms with Crippen LogP contribution in [0.2, 0.25) is 0 Å². The summed E-state index contributed by atoms with van der Waals surface area (Å²) >= 11 is 0. The van der Waals surface area contributed by atoms with Crippen LogP contribution in [0.15, 0.2) is 24.4 Å². The fraction of sp³-hybridized carbons (Fsp3) is 0.562. The summed E-state index contributed by atoms with van der Waals surface area (Å²) in [6, 6.07) is 1.96. The topological polar surface area (TPSA) is 57.4 Å². The Morgan fingerprint density at radius 2 is 1.90 bits per heavy atom. The molecule has 1 aliphatic rings. The van der Waals surface area contributed by atoms with Crippen molar-refractivity contribution in [3.63, 3.8) is 0 Å². The molecular formula is C16H25BN2O2. The quantitative estimate of drug-likeness (QED) is 0.865. The predicted octanol–water partition coefficient (Wildman–Crippen LogP) is 3.14. The first kappa shape index (κ1) is 16.2. The van der Waals surface area contributed by atoms with E-state index in [2.05, 4.69) is 11.9 Å². The Balaban J connectivity index is 2.17. The third-order valence-electron chi connectivity index (χ3n) is 4.43. The summed E-state index contributed by atoms with van der Waals surface area (Å²) in [7, 11) is -0.339. The highest BCUT2D eigenvalue weighted by Gasteiger charge is 2.49. The number of pyridine rings is 1. The van der Waals surface area contributed by atoms with E-state index in [0.717, 1.165) is 17.5 Å². The molecule has 0 saturated carbocycles. The van der Waals surface area contributed by atoms with Crippen LogP contribution in [0.5, 0.6) is 0 Å². The summed E-state index contributed by atoms with van der Waals surface area (Å²) in [5.74, 6) is 1.94. The monoisotopic (exact) mass is 288 g/mol. The molecular weight excluding hydrogens is 263 g/mol. The molecule has 0 aromatic carbocycles. The molecule has 2 rings (SSSR count). The molecule has 21 heavy (non-hydrogen) atoms. The molecule has 0 bridgehead atoms. The number of hydrogen-bond acceptors (Lipinski definition) is 4. The zero-order chi connectivity index (χ0) is 15.7. The van der Waals surface area contributed by atoms with Gasteiger partial charge in [-0.3, -0.25) is 4.98 Å². The maximum atomic E-state index is 6.13. The summed E-state index contributed by atoms with van der Waals surface area (Å²) in [4.78, 5) is 4.16. The van der Waals surface area contributed by atoms with Crippen molar-refractivity contribution in [2.75, 3.05) is 0 Å². The molecule has 1 aromatic rings. The molecule has 2 N–H and O–H groups in total. The molecule has 1 saturated heterocycles. The first-order chi connectivity index (χ1) is 9.77. The van der Waals surface area contributed by atoms with Gasteiger partial charge in [0.05, 0.1) is 11.2 Å². The third-order valence-corrected chi connectivity index (χ3v) is 4.43. The first-order valence-electron chi connectivity index (χ1n) is 7.50. The van der Waals surface area contributed by atoms with Crippen LogP contribution in [-0.2, 0) is 9.31 Å². The predicted molar refractivity (Wildman–Crippen MR) is 86.6 cm³/mol.